The van der Waals surface area contributed by atoms with E-state index in [9.17, 15) is 9.18 Å². The topological polar surface area (TPSA) is 57.3 Å². The highest BCUT2D eigenvalue weighted by Crippen LogP contribution is 2.22. The molecule has 1 amide bonds. The van der Waals surface area contributed by atoms with E-state index in [1.807, 2.05) is 11.0 Å². The van der Waals surface area contributed by atoms with Crippen LogP contribution in [0.5, 0.6) is 0 Å². The molecule has 0 saturated carbocycles. The van der Waals surface area contributed by atoms with Crippen molar-refractivity contribution in [1.29, 1.82) is 0 Å². The van der Waals surface area contributed by atoms with Crippen LogP contribution in [0.2, 0.25) is 5.02 Å². The third-order valence-corrected chi connectivity index (χ3v) is 4.15. The molecule has 0 spiro atoms. The van der Waals surface area contributed by atoms with Gasteiger partial charge in [0, 0.05) is 31.9 Å². The fourth-order valence-corrected chi connectivity index (χ4v) is 2.91. The number of anilines is 1. The van der Waals surface area contributed by atoms with Crippen LogP contribution in [0.3, 0.4) is 0 Å². The number of hydrogen-bond donors (Lipinski definition) is 2. The van der Waals surface area contributed by atoms with Gasteiger partial charge in [-0.25, -0.2) is 9.37 Å². The molecule has 2 aromatic rings. The Bertz CT molecular complexity index is 710. The van der Waals surface area contributed by atoms with Crippen molar-refractivity contribution in [3.05, 3.63) is 59.0 Å². The number of nitrogens with one attached hydrogen (secondary N) is 2. The zero-order valence-electron chi connectivity index (χ0n) is 13.0. The summed E-state index contributed by atoms with van der Waals surface area (Å²) in [5, 5.41) is 6.56. The number of halogens is 2. The highest BCUT2D eigenvalue weighted by atomic mass is 35.5. The van der Waals surface area contributed by atoms with Crippen molar-refractivity contribution < 1.29 is 9.18 Å². The number of hydrogen-bond acceptors (Lipinski definition) is 4. The summed E-state index contributed by atoms with van der Waals surface area (Å²) in [4.78, 5) is 18.4. The predicted octanol–water partition coefficient (Wildman–Crippen LogP) is 2.46. The second kappa shape index (κ2) is 7.70. The van der Waals surface area contributed by atoms with Gasteiger partial charge in [0.1, 0.15) is 11.6 Å². The van der Waals surface area contributed by atoms with Crippen molar-refractivity contribution in [3.63, 3.8) is 0 Å². The Morgan fingerprint density at radius 2 is 2.29 bits per heavy atom. The third kappa shape index (κ3) is 4.29. The average molecular weight is 349 g/mol. The molecule has 1 unspecified atom stereocenters. The number of benzene rings is 1. The summed E-state index contributed by atoms with van der Waals surface area (Å²) in [5.41, 5.74) is 0.861. The van der Waals surface area contributed by atoms with Crippen LogP contribution in [0.1, 0.15) is 11.6 Å². The van der Waals surface area contributed by atoms with Crippen molar-refractivity contribution >= 4 is 23.3 Å². The van der Waals surface area contributed by atoms with Gasteiger partial charge >= 0.3 is 0 Å². The van der Waals surface area contributed by atoms with Crippen LogP contribution in [-0.2, 0) is 4.79 Å². The Hall–Kier alpha value is -2.02. The first-order valence-corrected chi connectivity index (χ1v) is 8.11. The molecule has 2 N–H and O–H groups in total. The van der Waals surface area contributed by atoms with Crippen LogP contribution in [0.15, 0.2) is 42.6 Å². The molecule has 1 saturated heterocycles. The lowest BCUT2D eigenvalue weighted by Gasteiger charge is -2.36. The molecule has 1 aromatic carbocycles. The van der Waals surface area contributed by atoms with Gasteiger partial charge in [0.05, 0.1) is 11.6 Å². The zero-order chi connectivity index (χ0) is 16.9. The number of aromatic nitrogens is 1. The van der Waals surface area contributed by atoms with Gasteiger partial charge in [0.2, 0.25) is 5.91 Å². The largest absolute Gasteiger partial charge is 0.314 e. The van der Waals surface area contributed by atoms with Crippen LogP contribution < -0.4 is 10.6 Å². The van der Waals surface area contributed by atoms with Gasteiger partial charge < -0.3 is 10.6 Å². The molecule has 5 nitrogen and oxygen atoms in total. The maximum Gasteiger partial charge on any atom is 0.239 e. The maximum absolute atomic E-state index is 13.5. The number of pyridine rings is 1. The monoisotopic (exact) mass is 348 g/mol. The molecular formula is C17H18ClFN4O. The minimum absolute atomic E-state index is 0.0432. The average Bonchev–Trinajstić information content (AvgIpc) is 2.57. The summed E-state index contributed by atoms with van der Waals surface area (Å²) in [6, 6.07) is 9.79. The van der Waals surface area contributed by atoms with Gasteiger partial charge in [0.15, 0.2) is 0 Å². The second-order valence-corrected chi connectivity index (χ2v) is 6.09. The summed E-state index contributed by atoms with van der Waals surface area (Å²) >= 11 is 5.78. The SMILES string of the molecule is O=C(CN1CCNCC1c1cccc(F)c1)Nc1ccc(Cl)cn1. The van der Waals surface area contributed by atoms with Crippen LogP contribution in [0.25, 0.3) is 0 Å². The van der Waals surface area contributed by atoms with Crippen LogP contribution in [0, 0.1) is 5.82 Å². The van der Waals surface area contributed by atoms with Crippen molar-refractivity contribution in [2.45, 2.75) is 6.04 Å². The molecule has 1 aliphatic rings. The Kier molecular flexibility index (Phi) is 5.40. The molecule has 126 valence electrons. The van der Waals surface area contributed by atoms with Gasteiger partial charge in [-0.3, -0.25) is 9.69 Å². The first kappa shape index (κ1) is 16.8. The molecular weight excluding hydrogens is 331 g/mol. The van der Waals surface area contributed by atoms with Gasteiger partial charge in [-0.05, 0) is 29.8 Å². The number of carbonyl (C=O) groups is 1. The summed E-state index contributed by atoms with van der Waals surface area (Å²) in [6.45, 7) is 2.39. The molecule has 0 aliphatic carbocycles. The van der Waals surface area contributed by atoms with E-state index in [0.29, 0.717) is 23.9 Å². The van der Waals surface area contributed by atoms with Gasteiger partial charge in [0.25, 0.3) is 0 Å². The van der Waals surface area contributed by atoms with Crippen molar-refractivity contribution in [2.24, 2.45) is 0 Å². The molecule has 3 rings (SSSR count). The summed E-state index contributed by atoms with van der Waals surface area (Å²) in [5.74, 6) is 0.0304. The fraction of sp³-hybridized carbons (Fsp3) is 0.294. The Labute approximate surface area is 144 Å². The summed E-state index contributed by atoms with van der Waals surface area (Å²) in [6.07, 6.45) is 1.48. The molecule has 0 radical (unpaired) electrons. The van der Waals surface area contributed by atoms with E-state index < -0.39 is 0 Å². The van der Waals surface area contributed by atoms with E-state index in [0.717, 1.165) is 12.1 Å². The van der Waals surface area contributed by atoms with E-state index in [-0.39, 0.29) is 24.3 Å². The molecule has 1 atom stereocenters. The molecule has 7 heteroatoms. The lowest BCUT2D eigenvalue weighted by molar-refractivity contribution is -0.118. The third-order valence-electron chi connectivity index (χ3n) is 3.93. The van der Waals surface area contributed by atoms with Gasteiger partial charge in [-0.1, -0.05) is 23.7 Å². The molecule has 0 bridgehead atoms. The van der Waals surface area contributed by atoms with Crippen molar-refractivity contribution in [1.82, 2.24) is 15.2 Å². The number of piperazine rings is 1. The van der Waals surface area contributed by atoms with Crippen molar-refractivity contribution in [3.8, 4) is 0 Å². The fourth-order valence-electron chi connectivity index (χ4n) is 2.79. The Balaban J connectivity index is 1.67. The minimum atomic E-state index is -0.271. The number of nitrogens with zero attached hydrogens (tertiary/aromatic N) is 2. The number of rotatable bonds is 4. The lowest BCUT2D eigenvalue weighted by atomic mass is 10.0. The summed E-state index contributed by atoms with van der Waals surface area (Å²) < 4.78 is 13.5. The minimum Gasteiger partial charge on any atom is -0.314 e. The number of amides is 1. The van der Waals surface area contributed by atoms with Crippen LogP contribution in [0.4, 0.5) is 10.2 Å². The standard InChI is InChI=1S/C17H18ClFN4O/c18-13-4-5-16(21-9-13)22-17(24)11-23-7-6-20-10-15(23)12-2-1-3-14(19)8-12/h1-5,8-9,15,20H,6-7,10-11H2,(H,21,22,24). The maximum atomic E-state index is 13.5. The van der Waals surface area contributed by atoms with E-state index in [1.165, 1.54) is 18.3 Å². The molecule has 1 fully saturated rings. The van der Waals surface area contributed by atoms with Crippen LogP contribution in [-0.4, -0.2) is 42.0 Å². The number of carbonyl (C=O) groups excluding carboxylic acids is 1. The van der Waals surface area contributed by atoms with Gasteiger partial charge in [-0.15, -0.1) is 0 Å². The normalized spacial score (nSPS) is 18.3. The molecule has 24 heavy (non-hydrogen) atoms. The first-order valence-electron chi connectivity index (χ1n) is 7.73. The first-order chi connectivity index (χ1) is 11.6. The van der Waals surface area contributed by atoms with Crippen LogP contribution >= 0.6 is 11.6 Å². The highest BCUT2D eigenvalue weighted by Gasteiger charge is 2.25. The molecule has 1 aromatic heterocycles. The quantitative estimate of drug-likeness (QED) is 0.891. The smallest absolute Gasteiger partial charge is 0.239 e. The second-order valence-electron chi connectivity index (χ2n) is 5.66. The van der Waals surface area contributed by atoms with E-state index >= 15 is 0 Å². The van der Waals surface area contributed by atoms with E-state index in [1.54, 1.807) is 18.2 Å². The van der Waals surface area contributed by atoms with Crippen molar-refractivity contribution in [2.75, 3.05) is 31.5 Å². The van der Waals surface area contributed by atoms with Gasteiger partial charge in [-0.2, -0.15) is 0 Å². The predicted molar refractivity (Wildman–Crippen MR) is 91.5 cm³/mol. The molecule has 2 heterocycles. The van der Waals surface area contributed by atoms with E-state index in [2.05, 4.69) is 15.6 Å². The Morgan fingerprint density at radius 1 is 1.42 bits per heavy atom. The lowest BCUT2D eigenvalue weighted by Crippen LogP contribution is -2.48. The highest BCUT2D eigenvalue weighted by molar-refractivity contribution is 6.30. The summed E-state index contributed by atoms with van der Waals surface area (Å²) in [7, 11) is 0. The zero-order valence-corrected chi connectivity index (χ0v) is 13.8. The van der Waals surface area contributed by atoms with E-state index in [4.69, 9.17) is 11.6 Å². The Morgan fingerprint density at radius 3 is 3.04 bits per heavy atom. The molecule has 1 aliphatic heterocycles.